The molecular formula is C9H12IN3O. The van der Waals surface area contributed by atoms with Gasteiger partial charge in [0.15, 0.2) is 0 Å². The molecule has 1 aromatic rings. The third-order valence-corrected chi connectivity index (χ3v) is 2.90. The summed E-state index contributed by atoms with van der Waals surface area (Å²) in [6.07, 6.45) is 5.82. The highest BCUT2D eigenvalue weighted by Gasteiger charge is 2.15. The van der Waals surface area contributed by atoms with Crippen LogP contribution in [-0.4, -0.2) is 29.2 Å². The Hall–Kier alpha value is -0.430. The van der Waals surface area contributed by atoms with Gasteiger partial charge in [0.2, 0.25) is 5.88 Å². The highest BCUT2D eigenvalue weighted by Crippen LogP contribution is 2.18. The van der Waals surface area contributed by atoms with E-state index in [4.69, 9.17) is 4.74 Å². The van der Waals surface area contributed by atoms with E-state index in [-0.39, 0.29) is 6.10 Å². The molecule has 0 aliphatic carbocycles. The Morgan fingerprint density at radius 3 is 3.21 bits per heavy atom. The topological polar surface area (TPSA) is 47.0 Å². The van der Waals surface area contributed by atoms with E-state index < -0.39 is 0 Å². The van der Waals surface area contributed by atoms with Crippen LogP contribution in [0.5, 0.6) is 5.88 Å². The number of rotatable bonds is 2. The molecule has 1 unspecified atom stereocenters. The van der Waals surface area contributed by atoms with Crippen molar-refractivity contribution in [2.24, 2.45) is 0 Å². The molecule has 0 radical (unpaired) electrons. The maximum atomic E-state index is 5.76. The fourth-order valence-electron chi connectivity index (χ4n) is 1.47. The normalized spacial score (nSPS) is 21.9. The first-order valence-electron chi connectivity index (χ1n) is 4.69. The van der Waals surface area contributed by atoms with Crippen LogP contribution in [0.2, 0.25) is 0 Å². The quantitative estimate of drug-likeness (QED) is 0.835. The number of hydrogen-bond donors (Lipinski definition) is 1. The molecule has 1 N–H and O–H groups in total. The molecule has 0 bridgehead atoms. The van der Waals surface area contributed by atoms with E-state index in [0.29, 0.717) is 5.88 Å². The van der Waals surface area contributed by atoms with Crippen LogP contribution in [0.4, 0.5) is 0 Å². The number of ether oxygens (including phenoxy) is 1. The number of aromatic nitrogens is 2. The molecule has 0 amide bonds. The molecule has 2 heterocycles. The Balaban J connectivity index is 1.99. The maximum Gasteiger partial charge on any atom is 0.230 e. The van der Waals surface area contributed by atoms with Gasteiger partial charge in [0.05, 0.1) is 3.57 Å². The first-order chi connectivity index (χ1) is 6.86. The fourth-order valence-corrected chi connectivity index (χ4v) is 1.89. The summed E-state index contributed by atoms with van der Waals surface area (Å²) in [6, 6.07) is 0. The molecule has 1 aliphatic heterocycles. The van der Waals surface area contributed by atoms with E-state index in [9.17, 15) is 0 Å². The summed E-state index contributed by atoms with van der Waals surface area (Å²) in [6.45, 7) is 2.01. The Morgan fingerprint density at radius 1 is 1.57 bits per heavy atom. The number of piperidine rings is 1. The number of halogens is 1. The first-order valence-corrected chi connectivity index (χ1v) is 5.77. The lowest BCUT2D eigenvalue weighted by Crippen LogP contribution is -2.37. The van der Waals surface area contributed by atoms with E-state index in [1.807, 2.05) is 0 Å². The van der Waals surface area contributed by atoms with Crippen molar-refractivity contribution in [1.29, 1.82) is 0 Å². The lowest BCUT2D eigenvalue weighted by Gasteiger charge is -2.23. The van der Waals surface area contributed by atoms with E-state index in [1.165, 1.54) is 12.7 Å². The molecule has 5 heteroatoms. The van der Waals surface area contributed by atoms with E-state index in [0.717, 1.165) is 23.1 Å². The van der Waals surface area contributed by atoms with Crippen LogP contribution >= 0.6 is 22.6 Å². The predicted octanol–water partition coefficient (Wildman–Crippen LogP) is 1.21. The van der Waals surface area contributed by atoms with Crippen LogP contribution in [0.3, 0.4) is 0 Å². The molecule has 1 atom stereocenters. The molecule has 4 nitrogen and oxygen atoms in total. The lowest BCUT2D eigenvalue weighted by atomic mass is 10.1. The van der Waals surface area contributed by atoms with Crippen molar-refractivity contribution in [3.63, 3.8) is 0 Å². The van der Waals surface area contributed by atoms with Crippen molar-refractivity contribution in [1.82, 2.24) is 15.3 Å². The Labute approximate surface area is 96.6 Å². The third kappa shape index (κ3) is 2.54. The first kappa shape index (κ1) is 10.1. The summed E-state index contributed by atoms with van der Waals surface area (Å²) < 4.78 is 6.73. The molecule has 2 rings (SSSR count). The monoisotopic (exact) mass is 305 g/mol. The molecule has 1 saturated heterocycles. The Morgan fingerprint density at radius 2 is 2.50 bits per heavy atom. The van der Waals surface area contributed by atoms with Crippen LogP contribution in [0.1, 0.15) is 12.8 Å². The van der Waals surface area contributed by atoms with Crippen molar-refractivity contribution < 1.29 is 4.74 Å². The van der Waals surface area contributed by atoms with Gasteiger partial charge < -0.3 is 10.1 Å². The SMILES string of the molecule is Ic1cncnc1OC1CCCNC1. The van der Waals surface area contributed by atoms with Gasteiger partial charge in [0, 0.05) is 12.7 Å². The summed E-state index contributed by atoms with van der Waals surface area (Å²) in [7, 11) is 0. The van der Waals surface area contributed by atoms with Crippen molar-refractivity contribution in [3.8, 4) is 5.88 Å². The van der Waals surface area contributed by atoms with Crippen LogP contribution in [-0.2, 0) is 0 Å². The van der Waals surface area contributed by atoms with E-state index >= 15 is 0 Å². The number of hydrogen-bond acceptors (Lipinski definition) is 4. The van der Waals surface area contributed by atoms with Gasteiger partial charge in [0.25, 0.3) is 0 Å². The van der Waals surface area contributed by atoms with Crippen LogP contribution in [0.15, 0.2) is 12.5 Å². The van der Waals surface area contributed by atoms with Crippen molar-refractivity contribution in [3.05, 3.63) is 16.1 Å². The molecule has 14 heavy (non-hydrogen) atoms. The highest BCUT2D eigenvalue weighted by atomic mass is 127. The third-order valence-electron chi connectivity index (χ3n) is 2.16. The second kappa shape index (κ2) is 4.88. The summed E-state index contributed by atoms with van der Waals surface area (Å²) in [5.74, 6) is 0.703. The predicted molar refractivity (Wildman–Crippen MR) is 61.3 cm³/mol. The van der Waals surface area contributed by atoms with Gasteiger partial charge in [-0.3, -0.25) is 0 Å². The minimum atomic E-state index is 0.257. The van der Waals surface area contributed by atoms with Crippen LogP contribution in [0.25, 0.3) is 0 Å². The molecule has 1 aliphatic rings. The van der Waals surface area contributed by atoms with E-state index in [2.05, 4.69) is 37.9 Å². The van der Waals surface area contributed by atoms with Gasteiger partial charge in [-0.2, -0.15) is 0 Å². The smallest absolute Gasteiger partial charge is 0.230 e. The largest absolute Gasteiger partial charge is 0.472 e. The molecule has 76 valence electrons. The maximum absolute atomic E-state index is 5.76. The number of nitrogens with zero attached hydrogens (tertiary/aromatic N) is 2. The average Bonchev–Trinajstić information content (AvgIpc) is 2.23. The van der Waals surface area contributed by atoms with Gasteiger partial charge in [-0.1, -0.05) is 0 Å². The zero-order chi connectivity index (χ0) is 9.80. The minimum Gasteiger partial charge on any atom is -0.472 e. The summed E-state index contributed by atoms with van der Waals surface area (Å²) in [5.41, 5.74) is 0. The standard InChI is InChI=1S/C9H12IN3O/c10-8-5-12-6-13-9(8)14-7-2-1-3-11-4-7/h5-7,11H,1-4H2. The van der Waals surface area contributed by atoms with Crippen molar-refractivity contribution in [2.75, 3.05) is 13.1 Å². The molecule has 0 saturated carbocycles. The van der Waals surface area contributed by atoms with E-state index in [1.54, 1.807) is 6.20 Å². The summed E-state index contributed by atoms with van der Waals surface area (Å²) in [5, 5.41) is 3.30. The number of nitrogens with one attached hydrogen (secondary N) is 1. The fraction of sp³-hybridized carbons (Fsp3) is 0.556. The summed E-state index contributed by atoms with van der Waals surface area (Å²) >= 11 is 2.19. The lowest BCUT2D eigenvalue weighted by molar-refractivity contribution is 0.159. The Bertz CT molecular complexity index is 302. The average molecular weight is 305 g/mol. The van der Waals surface area contributed by atoms with Gasteiger partial charge in [-0.05, 0) is 42.0 Å². The zero-order valence-electron chi connectivity index (χ0n) is 7.74. The van der Waals surface area contributed by atoms with Crippen molar-refractivity contribution in [2.45, 2.75) is 18.9 Å². The second-order valence-corrected chi connectivity index (χ2v) is 4.42. The molecule has 0 aromatic carbocycles. The molecule has 1 fully saturated rings. The highest BCUT2D eigenvalue weighted by molar-refractivity contribution is 14.1. The second-order valence-electron chi connectivity index (χ2n) is 3.26. The minimum absolute atomic E-state index is 0.257. The molecular weight excluding hydrogens is 293 g/mol. The molecule has 1 aromatic heterocycles. The van der Waals surface area contributed by atoms with Crippen LogP contribution in [0, 0.1) is 3.57 Å². The van der Waals surface area contributed by atoms with Gasteiger partial charge >= 0.3 is 0 Å². The Kier molecular flexibility index (Phi) is 3.52. The van der Waals surface area contributed by atoms with Gasteiger partial charge in [0.1, 0.15) is 12.4 Å². The molecule has 0 spiro atoms. The zero-order valence-corrected chi connectivity index (χ0v) is 9.90. The van der Waals surface area contributed by atoms with Gasteiger partial charge in [-0.25, -0.2) is 9.97 Å². The summed E-state index contributed by atoms with van der Waals surface area (Å²) in [4.78, 5) is 8.03. The van der Waals surface area contributed by atoms with Gasteiger partial charge in [-0.15, -0.1) is 0 Å². The van der Waals surface area contributed by atoms with Crippen molar-refractivity contribution >= 4 is 22.6 Å². The van der Waals surface area contributed by atoms with Crippen LogP contribution < -0.4 is 10.1 Å².